The maximum absolute atomic E-state index is 12.6. The predicted molar refractivity (Wildman–Crippen MR) is 112 cm³/mol. The Morgan fingerprint density at radius 2 is 1.86 bits per heavy atom. The molecule has 1 amide bonds. The van der Waals surface area contributed by atoms with Crippen LogP contribution < -0.4 is 11.1 Å². The number of nitrogens with two attached hydrogens (primary N) is 1. The van der Waals surface area contributed by atoms with E-state index in [1.165, 1.54) is 0 Å². The Morgan fingerprint density at radius 3 is 2.54 bits per heavy atom. The minimum absolute atomic E-state index is 0.196. The van der Waals surface area contributed by atoms with Gasteiger partial charge in [-0.15, -0.1) is 0 Å². The summed E-state index contributed by atoms with van der Waals surface area (Å²) in [5.74, 6) is 0.890. The summed E-state index contributed by atoms with van der Waals surface area (Å²) in [5, 5.41) is 2.88. The highest BCUT2D eigenvalue weighted by Gasteiger charge is 2.11. The molecule has 2 aromatic heterocycles. The van der Waals surface area contributed by atoms with Gasteiger partial charge in [0.2, 0.25) is 0 Å². The molecule has 2 heterocycles. The highest BCUT2D eigenvalue weighted by molar-refractivity contribution is 6.06. The second kappa shape index (κ2) is 7.15. The Kier molecular flexibility index (Phi) is 4.53. The number of hydrogen-bond donors (Lipinski definition) is 3. The second-order valence-electron chi connectivity index (χ2n) is 7.02. The van der Waals surface area contributed by atoms with Gasteiger partial charge in [-0.25, -0.2) is 4.98 Å². The van der Waals surface area contributed by atoms with Gasteiger partial charge in [0.1, 0.15) is 5.82 Å². The minimum atomic E-state index is -0.196. The van der Waals surface area contributed by atoms with Crippen molar-refractivity contribution in [2.75, 3.05) is 11.1 Å². The number of aromatic amines is 1. The lowest BCUT2D eigenvalue weighted by atomic mass is 10.1. The van der Waals surface area contributed by atoms with Crippen molar-refractivity contribution in [3.8, 4) is 11.4 Å². The van der Waals surface area contributed by atoms with E-state index in [0.29, 0.717) is 22.9 Å². The average Bonchev–Trinajstić information content (AvgIpc) is 3.12. The second-order valence-corrected chi connectivity index (χ2v) is 7.02. The Hall–Kier alpha value is -3.67. The summed E-state index contributed by atoms with van der Waals surface area (Å²) in [7, 11) is 0. The SMILES string of the molecule is CC(C)c1ccc(NC(=O)c2ccc3[nH]c(-c4ccc(N)cc4)nc3c2)cn1. The van der Waals surface area contributed by atoms with Gasteiger partial charge >= 0.3 is 0 Å². The van der Waals surface area contributed by atoms with Crippen molar-refractivity contribution in [3.63, 3.8) is 0 Å². The van der Waals surface area contributed by atoms with E-state index in [1.54, 1.807) is 18.3 Å². The normalized spacial score (nSPS) is 11.1. The summed E-state index contributed by atoms with van der Waals surface area (Å²) in [5.41, 5.74) is 11.2. The summed E-state index contributed by atoms with van der Waals surface area (Å²) in [6.07, 6.45) is 1.68. The van der Waals surface area contributed by atoms with E-state index in [-0.39, 0.29) is 5.91 Å². The molecule has 2 aromatic carbocycles. The molecule has 0 aliphatic heterocycles. The highest BCUT2D eigenvalue weighted by Crippen LogP contribution is 2.23. The van der Waals surface area contributed by atoms with Crippen molar-refractivity contribution in [2.45, 2.75) is 19.8 Å². The smallest absolute Gasteiger partial charge is 0.255 e. The number of imidazole rings is 1. The van der Waals surface area contributed by atoms with E-state index in [1.807, 2.05) is 42.5 Å². The van der Waals surface area contributed by atoms with Crippen molar-refractivity contribution in [2.24, 2.45) is 0 Å². The van der Waals surface area contributed by atoms with Crippen molar-refractivity contribution in [3.05, 3.63) is 72.1 Å². The van der Waals surface area contributed by atoms with Gasteiger partial charge in [-0.1, -0.05) is 13.8 Å². The number of nitrogens with one attached hydrogen (secondary N) is 2. The van der Waals surface area contributed by atoms with E-state index < -0.39 is 0 Å². The number of rotatable bonds is 4. The molecule has 28 heavy (non-hydrogen) atoms. The molecule has 0 atom stereocenters. The van der Waals surface area contributed by atoms with Crippen LogP contribution >= 0.6 is 0 Å². The molecule has 4 aromatic rings. The number of carbonyl (C=O) groups excluding carboxylic acids is 1. The average molecular weight is 371 g/mol. The Morgan fingerprint density at radius 1 is 1.07 bits per heavy atom. The number of aromatic nitrogens is 3. The molecule has 0 spiro atoms. The first kappa shape index (κ1) is 17.7. The largest absolute Gasteiger partial charge is 0.399 e. The molecule has 0 aliphatic carbocycles. The van der Waals surface area contributed by atoms with Crippen LogP contribution in [0.15, 0.2) is 60.8 Å². The van der Waals surface area contributed by atoms with E-state index >= 15 is 0 Å². The van der Waals surface area contributed by atoms with Gasteiger partial charge in [0.25, 0.3) is 5.91 Å². The van der Waals surface area contributed by atoms with Gasteiger partial charge in [0, 0.05) is 22.5 Å². The van der Waals surface area contributed by atoms with Gasteiger partial charge in [0.15, 0.2) is 0 Å². The van der Waals surface area contributed by atoms with Crippen molar-refractivity contribution >= 4 is 28.3 Å². The van der Waals surface area contributed by atoms with E-state index in [0.717, 1.165) is 28.1 Å². The highest BCUT2D eigenvalue weighted by atomic mass is 16.1. The Labute approximate surface area is 162 Å². The first-order valence-corrected chi connectivity index (χ1v) is 9.12. The number of carbonyl (C=O) groups is 1. The van der Waals surface area contributed by atoms with Crippen LogP contribution in [0.25, 0.3) is 22.4 Å². The van der Waals surface area contributed by atoms with Crippen LogP contribution in [0, 0.1) is 0 Å². The third-order valence-corrected chi connectivity index (χ3v) is 4.57. The van der Waals surface area contributed by atoms with E-state index in [4.69, 9.17) is 5.73 Å². The Balaban J connectivity index is 1.56. The lowest BCUT2D eigenvalue weighted by Crippen LogP contribution is -2.12. The summed E-state index contributed by atoms with van der Waals surface area (Å²) in [6.45, 7) is 4.16. The standard InChI is InChI=1S/C22H21N5O/c1-13(2)18-10-8-17(12-24-18)25-22(28)15-5-9-19-20(11-15)27-21(26-19)14-3-6-16(23)7-4-14/h3-13H,23H2,1-2H3,(H,25,28)(H,26,27). The number of nitrogens with zero attached hydrogens (tertiary/aromatic N) is 2. The number of pyridine rings is 1. The fourth-order valence-corrected chi connectivity index (χ4v) is 2.95. The zero-order valence-electron chi connectivity index (χ0n) is 15.7. The molecular formula is C22H21N5O. The van der Waals surface area contributed by atoms with Gasteiger partial charge in [-0.2, -0.15) is 0 Å². The van der Waals surface area contributed by atoms with Crippen LogP contribution in [0.5, 0.6) is 0 Å². The van der Waals surface area contributed by atoms with Crippen molar-refractivity contribution in [1.29, 1.82) is 0 Å². The lowest BCUT2D eigenvalue weighted by Gasteiger charge is -2.07. The molecule has 4 N–H and O–H groups in total. The number of amides is 1. The molecule has 6 nitrogen and oxygen atoms in total. The number of anilines is 2. The first-order valence-electron chi connectivity index (χ1n) is 9.12. The number of nitrogen functional groups attached to an aromatic ring is 1. The molecule has 0 fully saturated rings. The van der Waals surface area contributed by atoms with Crippen LogP contribution in [-0.2, 0) is 0 Å². The van der Waals surface area contributed by atoms with E-state index in [9.17, 15) is 4.79 Å². The molecule has 0 saturated heterocycles. The van der Waals surface area contributed by atoms with Crippen LogP contribution in [0.3, 0.4) is 0 Å². The van der Waals surface area contributed by atoms with Gasteiger partial charge in [-0.3, -0.25) is 9.78 Å². The lowest BCUT2D eigenvalue weighted by molar-refractivity contribution is 0.102. The quantitative estimate of drug-likeness (QED) is 0.457. The van der Waals surface area contributed by atoms with Crippen LogP contribution in [0.4, 0.5) is 11.4 Å². The topological polar surface area (TPSA) is 96.7 Å². The maximum Gasteiger partial charge on any atom is 0.255 e. The monoisotopic (exact) mass is 371 g/mol. The molecule has 6 heteroatoms. The molecular weight excluding hydrogens is 350 g/mol. The molecule has 0 unspecified atom stereocenters. The summed E-state index contributed by atoms with van der Waals surface area (Å²) in [4.78, 5) is 24.9. The molecule has 0 saturated carbocycles. The number of fused-ring (bicyclic) bond motifs is 1. The third kappa shape index (κ3) is 3.57. The zero-order chi connectivity index (χ0) is 19.7. The van der Waals surface area contributed by atoms with Gasteiger partial charge in [0.05, 0.1) is 22.9 Å². The third-order valence-electron chi connectivity index (χ3n) is 4.57. The zero-order valence-corrected chi connectivity index (χ0v) is 15.7. The summed E-state index contributed by atoms with van der Waals surface area (Å²) >= 11 is 0. The van der Waals surface area contributed by atoms with Crippen LogP contribution in [0.2, 0.25) is 0 Å². The molecule has 0 radical (unpaired) electrons. The molecule has 140 valence electrons. The van der Waals surface area contributed by atoms with E-state index in [2.05, 4.69) is 34.1 Å². The maximum atomic E-state index is 12.6. The predicted octanol–water partition coefficient (Wildman–Crippen LogP) is 4.58. The summed E-state index contributed by atoms with van der Waals surface area (Å²) < 4.78 is 0. The van der Waals surface area contributed by atoms with Crippen molar-refractivity contribution in [1.82, 2.24) is 15.0 Å². The number of hydrogen-bond acceptors (Lipinski definition) is 4. The van der Waals surface area contributed by atoms with Crippen LogP contribution in [-0.4, -0.2) is 20.9 Å². The molecule has 4 rings (SSSR count). The fraction of sp³-hybridized carbons (Fsp3) is 0.136. The molecule has 0 bridgehead atoms. The van der Waals surface area contributed by atoms with Crippen LogP contribution in [0.1, 0.15) is 35.8 Å². The fourth-order valence-electron chi connectivity index (χ4n) is 2.95. The summed E-state index contributed by atoms with van der Waals surface area (Å²) in [6, 6.07) is 16.7. The Bertz CT molecular complexity index is 1130. The molecule has 0 aliphatic rings. The number of H-pyrrole nitrogens is 1. The van der Waals surface area contributed by atoms with Crippen molar-refractivity contribution < 1.29 is 4.79 Å². The minimum Gasteiger partial charge on any atom is -0.399 e. The first-order chi connectivity index (χ1) is 13.5. The van der Waals surface area contributed by atoms with Gasteiger partial charge in [-0.05, 0) is 60.5 Å². The van der Waals surface area contributed by atoms with Gasteiger partial charge < -0.3 is 16.0 Å². The number of benzene rings is 2.